The van der Waals surface area contributed by atoms with E-state index < -0.39 is 0 Å². The van der Waals surface area contributed by atoms with Gasteiger partial charge < -0.3 is 4.90 Å². The fourth-order valence-corrected chi connectivity index (χ4v) is 9.15. The van der Waals surface area contributed by atoms with E-state index in [2.05, 4.69) is 53.6 Å². The van der Waals surface area contributed by atoms with Gasteiger partial charge in [0.05, 0.1) is 22.2 Å². The van der Waals surface area contributed by atoms with Gasteiger partial charge in [-0.3, -0.25) is 4.40 Å². The van der Waals surface area contributed by atoms with Crippen molar-refractivity contribution >= 4 is 22.0 Å². The second-order valence-corrected chi connectivity index (χ2v) is 10.9. The topological polar surface area (TPSA) is 20.5 Å². The molecule has 4 bridgehead atoms. The van der Waals surface area contributed by atoms with E-state index in [1.165, 1.54) is 48.3 Å². The van der Waals surface area contributed by atoms with Crippen molar-refractivity contribution in [3.05, 3.63) is 52.8 Å². The SMILES string of the molecule is Cc1ccccc1N1C(C)c2sc3nccn3c2C12C1CC3CC(C1)CC2C3. The van der Waals surface area contributed by atoms with Crippen molar-refractivity contribution in [1.82, 2.24) is 9.38 Å². The Morgan fingerprint density at radius 2 is 1.75 bits per heavy atom. The Morgan fingerprint density at radius 3 is 2.46 bits per heavy atom. The summed E-state index contributed by atoms with van der Waals surface area (Å²) < 4.78 is 2.47. The number of para-hydroxylation sites is 1. The molecule has 8 rings (SSSR count). The molecular formula is C24H27N3S. The molecule has 4 heteroatoms. The lowest BCUT2D eigenvalue weighted by molar-refractivity contribution is -0.0623. The predicted molar refractivity (Wildman–Crippen MR) is 114 cm³/mol. The van der Waals surface area contributed by atoms with E-state index in [1.807, 2.05) is 17.5 Å². The summed E-state index contributed by atoms with van der Waals surface area (Å²) in [7, 11) is 0. The molecule has 3 heterocycles. The maximum atomic E-state index is 4.69. The van der Waals surface area contributed by atoms with Crippen molar-refractivity contribution in [3.63, 3.8) is 0 Å². The lowest BCUT2D eigenvalue weighted by atomic mass is 9.47. The van der Waals surface area contributed by atoms with Gasteiger partial charge in [0, 0.05) is 18.1 Å². The highest BCUT2D eigenvalue weighted by atomic mass is 32.1. The molecule has 0 saturated heterocycles. The molecule has 2 aromatic heterocycles. The van der Waals surface area contributed by atoms with Gasteiger partial charge in [-0.25, -0.2) is 4.98 Å². The van der Waals surface area contributed by atoms with Crippen LogP contribution in [0.2, 0.25) is 0 Å². The molecule has 1 spiro atoms. The van der Waals surface area contributed by atoms with Gasteiger partial charge in [-0.1, -0.05) is 29.5 Å². The lowest BCUT2D eigenvalue weighted by Gasteiger charge is -2.63. The van der Waals surface area contributed by atoms with Gasteiger partial charge in [0.2, 0.25) is 0 Å². The molecule has 4 aliphatic carbocycles. The molecule has 4 fully saturated rings. The number of thiazole rings is 1. The third kappa shape index (κ3) is 1.71. The Labute approximate surface area is 170 Å². The Balaban J connectivity index is 1.55. The molecule has 1 aliphatic heterocycles. The van der Waals surface area contributed by atoms with Gasteiger partial charge in [0.15, 0.2) is 4.96 Å². The maximum Gasteiger partial charge on any atom is 0.194 e. The first-order valence-electron chi connectivity index (χ1n) is 11.0. The summed E-state index contributed by atoms with van der Waals surface area (Å²) in [5.74, 6) is 3.52. The van der Waals surface area contributed by atoms with Crippen molar-refractivity contribution < 1.29 is 0 Å². The molecule has 1 aromatic carbocycles. The zero-order chi connectivity index (χ0) is 18.6. The Hall–Kier alpha value is -1.81. The molecule has 3 aromatic rings. The van der Waals surface area contributed by atoms with Crippen LogP contribution in [0, 0.1) is 30.6 Å². The highest BCUT2D eigenvalue weighted by Gasteiger charge is 2.66. The van der Waals surface area contributed by atoms with Gasteiger partial charge >= 0.3 is 0 Å². The van der Waals surface area contributed by atoms with E-state index in [0.29, 0.717) is 6.04 Å². The van der Waals surface area contributed by atoms with Crippen LogP contribution in [-0.2, 0) is 5.54 Å². The summed E-state index contributed by atoms with van der Waals surface area (Å²) in [6, 6.07) is 9.52. The van der Waals surface area contributed by atoms with Gasteiger partial charge in [-0.2, -0.15) is 0 Å². The number of nitrogens with zero attached hydrogens (tertiary/aromatic N) is 3. The number of benzene rings is 1. The minimum absolute atomic E-state index is 0.160. The van der Waals surface area contributed by atoms with Crippen molar-refractivity contribution in [1.29, 1.82) is 0 Å². The van der Waals surface area contributed by atoms with Crippen LogP contribution in [0.3, 0.4) is 0 Å². The van der Waals surface area contributed by atoms with E-state index in [-0.39, 0.29) is 5.54 Å². The van der Waals surface area contributed by atoms with Gasteiger partial charge in [0.25, 0.3) is 0 Å². The Kier molecular flexibility index (Phi) is 2.98. The monoisotopic (exact) mass is 389 g/mol. The van der Waals surface area contributed by atoms with Crippen LogP contribution >= 0.6 is 11.3 Å². The molecule has 144 valence electrons. The van der Waals surface area contributed by atoms with Crippen molar-refractivity contribution in [2.45, 2.75) is 57.5 Å². The average Bonchev–Trinajstić information content (AvgIpc) is 3.32. The van der Waals surface area contributed by atoms with Crippen LogP contribution in [0.1, 0.15) is 61.2 Å². The van der Waals surface area contributed by atoms with Crippen LogP contribution < -0.4 is 4.90 Å². The maximum absolute atomic E-state index is 4.69. The zero-order valence-corrected chi connectivity index (χ0v) is 17.5. The minimum Gasteiger partial charge on any atom is -0.352 e. The van der Waals surface area contributed by atoms with Crippen LogP contribution in [0.25, 0.3) is 4.96 Å². The first-order chi connectivity index (χ1) is 13.7. The fourth-order valence-electron chi connectivity index (χ4n) is 7.95. The first-order valence-corrected chi connectivity index (χ1v) is 11.8. The third-order valence-corrected chi connectivity index (χ3v) is 9.82. The molecule has 4 saturated carbocycles. The Morgan fingerprint density at radius 1 is 1.04 bits per heavy atom. The number of aromatic nitrogens is 2. The smallest absolute Gasteiger partial charge is 0.194 e. The second-order valence-electron chi connectivity index (χ2n) is 9.86. The largest absolute Gasteiger partial charge is 0.352 e. The molecular weight excluding hydrogens is 362 g/mol. The quantitative estimate of drug-likeness (QED) is 0.514. The Bertz CT molecular complexity index is 1060. The van der Waals surface area contributed by atoms with Crippen molar-refractivity contribution in [2.75, 3.05) is 4.90 Å². The van der Waals surface area contributed by atoms with E-state index in [1.54, 1.807) is 10.6 Å². The normalized spacial score (nSPS) is 38.1. The van der Waals surface area contributed by atoms with Crippen molar-refractivity contribution in [3.8, 4) is 0 Å². The minimum atomic E-state index is 0.160. The van der Waals surface area contributed by atoms with Gasteiger partial charge in [-0.05, 0) is 81.3 Å². The van der Waals surface area contributed by atoms with Crippen LogP contribution in [0.15, 0.2) is 36.7 Å². The first kappa shape index (κ1) is 16.0. The molecule has 1 unspecified atom stereocenters. The molecule has 1 atom stereocenters. The average molecular weight is 390 g/mol. The number of aryl methyl sites for hydroxylation is 1. The number of hydrogen-bond acceptors (Lipinski definition) is 3. The molecule has 0 radical (unpaired) electrons. The zero-order valence-electron chi connectivity index (χ0n) is 16.6. The number of fused-ring (bicyclic) bond motifs is 3. The number of anilines is 1. The van der Waals surface area contributed by atoms with Crippen LogP contribution in [0.4, 0.5) is 5.69 Å². The van der Waals surface area contributed by atoms with Gasteiger partial charge in [-0.15, -0.1) is 0 Å². The van der Waals surface area contributed by atoms with E-state index in [0.717, 1.165) is 23.7 Å². The summed E-state index contributed by atoms with van der Waals surface area (Å²) in [4.78, 5) is 10.3. The van der Waals surface area contributed by atoms with Crippen LogP contribution in [0.5, 0.6) is 0 Å². The van der Waals surface area contributed by atoms with E-state index in [9.17, 15) is 0 Å². The summed E-state index contributed by atoms with van der Waals surface area (Å²) >= 11 is 1.93. The summed E-state index contributed by atoms with van der Waals surface area (Å²) in [6.07, 6.45) is 11.4. The van der Waals surface area contributed by atoms with Crippen molar-refractivity contribution in [2.24, 2.45) is 23.7 Å². The summed E-state index contributed by atoms with van der Waals surface area (Å²) in [6.45, 7) is 4.74. The standard InChI is InChI=1S/C24H27N3S/c1-14-5-3-4-6-20(14)27-15(2)21-22(26-8-7-25-23(26)28-21)24(27)18-10-16-9-17(12-18)13-19(24)11-16/h3-8,15-19H,9-13H2,1-2H3. The molecule has 3 nitrogen and oxygen atoms in total. The lowest BCUT2D eigenvalue weighted by Crippen LogP contribution is -2.62. The highest BCUT2D eigenvalue weighted by molar-refractivity contribution is 7.17. The van der Waals surface area contributed by atoms with Crippen LogP contribution in [-0.4, -0.2) is 9.38 Å². The molecule has 0 amide bonds. The highest BCUT2D eigenvalue weighted by Crippen LogP contribution is 2.69. The second kappa shape index (κ2) is 5.21. The van der Waals surface area contributed by atoms with E-state index in [4.69, 9.17) is 4.98 Å². The molecule has 0 N–H and O–H groups in total. The van der Waals surface area contributed by atoms with E-state index >= 15 is 0 Å². The fraction of sp³-hybridized carbons (Fsp3) is 0.542. The summed E-state index contributed by atoms with van der Waals surface area (Å²) in [5, 5.41) is 0. The third-order valence-electron chi connectivity index (χ3n) is 8.58. The molecule has 28 heavy (non-hydrogen) atoms. The number of imidazole rings is 1. The summed E-state index contributed by atoms with van der Waals surface area (Å²) in [5.41, 5.74) is 4.64. The molecule has 5 aliphatic rings. The number of rotatable bonds is 1. The predicted octanol–water partition coefficient (Wildman–Crippen LogP) is 5.94. The number of hydrogen-bond donors (Lipinski definition) is 0. The van der Waals surface area contributed by atoms with Gasteiger partial charge in [0.1, 0.15) is 0 Å².